The van der Waals surface area contributed by atoms with E-state index in [4.69, 9.17) is 0 Å². The molecule has 1 amide bonds. The number of aryl methyl sites for hydroxylation is 1. The van der Waals surface area contributed by atoms with Gasteiger partial charge in [0, 0.05) is 32.0 Å². The lowest BCUT2D eigenvalue weighted by Crippen LogP contribution is -2.37. The van der Waals surface area contributed by atoms with Crippen molar-refractivity contribution in [2.45, 2.75) is 13.5 Å². The van der Waals surface area contributed by atoms with Crippen LogP contribution in [0.25, 0.3) is 0 Å². The van der Waals surface area contributed by atoms with Gasteiger partial charge in [-0.1, -0.05) is 24.3 Å². The summed E-state index contributed by atoms with van der Waals surface area (Å²) in [5.74, 6) is -0.374. The highest BCUT2D eigenvalue weighted by atomic mass is 32.2. The molecule has 2 rings (SSSR count). The maximum atomic E-state index is 12.3. The molecular weight excluding hydrogens is 350 g/mol. The maximum absolute atomic E-state index is 12.3. The van der Waals surface area contributed by atoms with Crippen LogP contribution in [-0.2, 0) is 21.4 Å². The molecule has 0 aliphatic carbocycles. The van der Waals surface area contributed by atoms with Crippen LogP contribution in [-0.4, -0.2) is 45.5 Å². The fourth-order valence-corrected chi connectivity index (χ4v) is 3.20. The Balaban J connectivity index is 2.08. The summed E-state index contributed by atoms with van der Waals surface area (Å²) in [6, 6.07) is 14.9. The highest BCUT2D eigenvalue weighted by Crippen LogP contribution is 2.16. The first-order chi connectivity index (χ1) is 12.2. The lowest BCUT2D eigenvalue weighted by atomic mass is 10.1. The first kappa shape index (κ1) is 19.9. The molecule has 0 aliphatic heterocycles. The van der Waals surface area contributed by atoms with E-state index in [1.165, 1.54) is 4.31 Å². The molecule has 0 aliphatic rings. The summed E-state index contributed by atoms with van der Waals surface area (Å²) in [5, 5.41) is 2.75. The Morgan fingerprint density at radius 3 is 2.19 bits per heavy atom. The Labute approximate surface area is 155 Å². The third kappa shape index (κ3) is 5.57. The largest absolute Gasteiger partial charge is 0.378 e. The summed E-state index contributed by atoms with van der Waals surface area (Å²) in [7, 11) is 0.348. The highest BCUT2D eigenvalue weighted by molar-refractivity contribution is 7.88. The monoisotopic (exact) mass is 375 g/mol. The molecule has 2 aromatic rings. The van der Waals surface area contributed by atoms with Gasteiger partial charge in [0.05, 0.1) is 12.8 Å². The molecule has 0 saturated heterocycles. The van der Waals surface area contributed by atoms with Gasteiger partial charge in [-0.05, 0) is 42.3 Å². The third-order valence-corrected chi connectivity index (χ3v) is 5.26. The van der Waals surface area contributed by atoms with Gasteiger partial charge in [-0.25, -0.2) is 8.42 Å². The SMILES string of the molecule is Cc1ccccc1CN(CC(=O)Nc1ccc(N(C)C)cc1)S(C)(=O)=O. The molecule has 140 valence electrons. The van der Waals surface area contributed by atoms with Gasteiger partial charge in [0.15, 0.2) is 0 Å². The number of rotatable bonds is 7. The Bertz CT molecular complexity index is 862. The van der Waals surface area contributed by atoms with Crippen molar-refractivity contribution in [3.63, 3.8) is 0 Å². The molecule has 26 heavy (non-hydrogen) atoms. The van der Waals surface area contributed by atoms with Gasteiger partial charge in [-0.2, -0.15) is 4.31 Å². The molecular formula is C19H25N3O3S. The van der Waals surface area contributed by atoms with Crippen LogP contribution >= 0.6 is 0 Å². The summed E-state index contributed by atoms with van der Waals surface area (Å²) in [5.41, 5.74) is 3.51. The number of anilines is 2. The van der Waals surface area contributed by atoms with E-state index in [0.29, 0.717) is 5.69 Å². The van der Waals surface area contributed by atoms with Gasteiger partial charge in [0.1, 0.15) is 0 Å². The summed E-state index contributed by atoms with van der Waals surface area (Å²) in [6.07, 6.45) is 1.12. The van der Waals surface area contributed by atoms with Crippen molar-refractivity contribution in [2.24, 2.45) is 0 Å². The molecule has 0 heterocycles. The second-order valence-electron chi connectivity index (χ2n) is 6.45. The molecule has 0 unspecified atom stereocenters. The van der Waals surface area contributed by atoms with E-state index >= 15 is 0 Å². The summed E-state index contributed by atoms with van der Waals surface area (Å²) >= 11 is 0. The van der Waals surface area contributed by atoms with Gasteiger partial charge in [-0.3, -0.25) is 4.79 Å². The number of nitrogens with one attached hydrogen (secondary N) is 1. The predicted molar refractivity (Wildman–Crippen MR) is 106 cm³/mol. The van der Waals surface area contributed by atoms with Crippen LogP contribution in [0.4, 0.5) is 11.4 Å². The molecule has 7 heteroatoms. The number of benzene rings is 2. The van der Waals surface area contributed by atoms with Crippen molar-refractivity contribution in [1.82, 2.24) is 4.31 Å². The predicted octanol–water partition coefficient (Wildman–Crippen LogP) is 2.46. The first-order valence-electron chi connectivity index (χ1n) is 8.23. The van der Waals surface area contributed by atoms with Gasteiger partial charge < -0.3 is 10.2 Å². The molecule has 0 saturated carbocycles. The van der Waals surface area contributed by atoms with E-state index in [2.05, 4.69) is 5.32 Å². The Hall–Kier alpha value is -2.38. The van der Waals surface area contributed by atoms with Crippen LogP contribution in [0.3, 0.4) is 0 Å². The van der Waals surface area contributed by atoms with E-state index in [9.17, 15) is 13.2 Å². The standard InChI is InChI=1S/C19H25N3O3S/c1-15-7-5-6-8-16(15)13-22(26(4,24)25)14-19(23)20-17-9-11-18(12-10-17)21(2)3/h5-12H,13-14H2,1-4H3,(H,20,23). The maximum Gasteiger partial charge on any atom is 0.239 e. The number of carbonyl (C=O) groups is 1. The van der Waals surface area contributed by atoms with Gasteiger partial charge in [0.25, 0.3) is 0 Å². The van der Waals surface area contributed by atoms with Crippen molar-refractivity contribution >= 4 is 27.3 Å². The molecule has 0 aromatic heterocycles. The van der Waals surface area contributed by atoms with Crippen LogP contribution < -0.4 is 10.2 Å². The van der Waals surface area contributed by atoms with Crippen molar-refractivity contribution < 1.29 is 13.2 Å². The number of nitrogens with zero attached hydrogens (tertiary/aromatic N) is 2. The fraction of sp³-hybridized carbons (Fsp3) is 0.316. The second kappa shape index (κ2) is 8.33. The van der Waals surface area contributed by atoms with E-state index in [-0.39, 0.29) is 19.0 Å². The zero-order valence-electron chi connectivity index (χ0n) is 15.6. The van der Waals surface area contributed by atoms with E-state index in [0.717, 1.165) is 23.1 Å². The third-order valence-electron chi connectivity index (χ3n) is 4.06. The van der Waals surface area contributed by atoms with E-state index in [1.807, 2.05) is 62.3 Å². The topological polar surface area (TPSA) is 69.7 Å². The Morgan fingerprint density at radius 2 is 1.65 bits per heavy atom. The average molecular weight is 375 g/mol. The van der Waals surface area contributed by atoms with Gasteiger partial charge >= 0.3 is 0 Å². The van der Waals surface area contributed by atoms with Gasteiger partial charge in [0.2, 0.25) is 15.9 Å². The smallest absolute Gasteiger partial charge is 0.239 e. The fourth-order valence-electron chi connectivity index (χ4n) is 2.47. The van der Waals surface area contributed by atoms with Crippen molar-refractivity contribution in [3.8, 4) is 0 Å². The zero-order chi connectivity index (χ0) is 19.3. The minimum Gasteiger partial charge on any atom is -0.378 e. The van der Waals surface area contributed by atoms with Crippen LogP contribution in [0.15, 0.2) is 48.5 Å². The first-order valence-corrected chi connectivity index (χ1v) is 10.1. The van der Waals surface area contributed by atoms with Crippen LogP contribution in [0.1, 0.15) is 11.1 Å². The van der Waals surface area contributed by atoms with Crippen molar-refractivity contribution in [3.05, 3.63) is 59.7 Å². The molecule has 0 fully saturated rings. The molecule has 0 radical (unpaired) electrons. The quantitative estimate of drug-likeness (QED) is 0.807. The Kier molecular flexibility index (Phi) is 6.39. The number of hydrogen-bond acceptors (Lipinski definition) is 4. The highest BCUT2D eigenvalue weighted by Gasteiger charge is 2.21. The van der Waals surface area contributed by atoms with Crippen molar-refractivity contribution in [1.29, 1.82) is 0 Å². The minimum atomic E-state index is -3.52. The number of carbonyl (C=O) groups excluding carboxylic acids is 1. The number of amides is 1. The van der Waals surface area contributed by atoms with E-state index in [1.54, 1.807) is 12.1 Å². The Morgan fingerprint density at radius 1 is 1.04 bits per heavy atom. The molecule has 2 aromatic carbocycles. The van der Waals surface area contributed by atoms with Crippen LogP contribution in [0.5, 0.6) is 0 Å². The molecule has 6 nitrogen and oxygen atoms in total. The van der Waals surface area contributed by atoms with Crippen molar-refractivity contribution in [2.75, 3.05) is 37.1 Å². The summed E-state index contributed by atoms with van der Waals surface area (Å²) < 4.78 is 25.4. The number of sulfonamides is 1. The molecule has 1 N–H and O–H groups in total. The molecule has 0 bridgehead atoms. The normalized spacial score (nSPS) is 11.4. The molecule has 0 spiro atoms. The lowest BCUT2D eigenvalue weighted by molar-refractivity contribution is -0.116. The second-order valence-corrected chi connectivity index (χ2v) is 8.43. The molecule has 0 atom stereocenters. The summed E-state index contributed by atoms with van der Waals surface area (Å²) in [4.78, 5) is 14.3. The lowest BCUT2D eigenvalue weighted by Gasteiger charge is -2.20. The van der Waals surface area contributed by atoms with E-state index < -0.39 is 10.0 Å². The number of hydrogen-bond donors (Lipinski definition) is 1. The van der Waals surface area contributed by atoms with Crippen LogP contribution in [0.2, 0.25) is 0 Å². The summed E-state index contributed by atoms with van der Waals surface area (Å²) in [6.45, 7) is 1.85. The van der Waals surface area contributed by atoms with Gasteiger partial charge in [-0.15, -0.1) is 0 Å². The van der Waals surface area contributed by atoms with Crippen LogP contribution in [0, 0.1) is 6.92 Å². The average Bonchev–Trinajstić information content (AvgIpc) is 2.55. The minimum absolute atomic E-state index is 0.165. The zero-order valence-corrected chi connectivity index (χ0v) is 16.4.